The monoisotopic (exact) mass is 337 g/mol. The van der Waals surface area contributed by atoms with Crippen LogP contribution in [0.15, 0.2) is 18.2 Å². The molecule has 128 valence electrons. The zero-order chi connectivity index (χ0) is 15.3. The molecule has 1 N–H and O–H groups in total. The molecule has 0 aromatic heterocycles. The zero-order valence-corrected chi connectivity index (χ0v) is 14.9. The van der Waals surface area contributed by atoms with Gasteiger partial charge in [0.25, 0.3) is 0 Å². The van der Waals surface area contributed by atoms with E-state index >= 15 is 0 Å². The molecule has 1 aromatic carbocycles. The van der Waals surface area contributed by atoms with Gasteiger partial charge in [-0.2, -0.15) is 0 Å². The summed E-state index contributed by atoms with van der Waals surface area (Å²) in [5.41, 5.74) is 3.01. The third kappa shape index (κ3) is 2.77. The lowest BCUT2D eigenvalue weighted by Crippen LogP contribution is -2.59. The second kappa shape index (κ2) is 6.27. The van der Waals surface area contributed by atoms with Gasteiger partial charge in [-0.25, -0.2) is 0 Å². The van der Waals surface area contributed by atoms with E-state index < -0.39 is 0 Å². The van der Waals surface area contributed by atoms with Crippen LogP contribution < -0.4 is 0 Å². The minimum atomic E-state index is 0. The maximum absolute atomic E-state index is 9.90. The van der Waals surface area contributed by atoms with Crippen LogP contribution in [0.5, 0.6) is 5.75 Å². The number of hydrogen-bond acceptors (Lipinski definition) is 3. The molecule has 4 atom stereocenters. The van der Waals surface area contributed by atoms with Gasteiger partial charge in [0.1, 0.15) is 5.75 Å². The Morgan fingerprint density at radius 3 is 2.96 bits per heavy atom. The number of nitrogens with zero attached hydrogens (tertiary/aromatic N) is 1. The van der Waals surface area contributed by atoms with E-state index in [9.17, 15) is 5.11 Å². The third-order valence-corrected chi connectivity index (χ3v) is 6.57. The van der Waals surface area contributed by atoms with Crippen LogP contribution in [0.25, 0.3) is 0 Å². The summed E-state index contributed by atoms with van der Waals surface area (Å²) >= 11 is 0. The summed E-state index contributed by atoms with van der Waals surface area (Å²) in [6.45, 7) is 7.99. The molecule has 4 heteroatoms. The average molecular weight is 338 g/mol. The van der Waals surface area contributed by atoms with Crippen LogP contribution in [-0.4, -0.2) is 41.8 Å². The van der Waals surface area contributed by atoms with E-state index in [0.717, 1.165) is 26.1 Å². The highest BCUT2D eigenvalue weighted by Crippen LogP contribution is 2.49. The van der Waals surface area contributed by atoms with Crippen molar-refractivity contribution >= 4 is 12.4 Å². The molecule has 2 heterocycles. The van der Waals surface area contributed by atoms with Crippen LogP contribution in [0.2, 0.25) is 0 Å². The molecule has 23 heavy (non-hydrogen) atoms. The molecular weight excluding hydrogens is 310 g/mol. The highest BCUT2D eigenvalue weighted by atomic mass is 35.5. The molecule has 2 fully saturated rings. The van der Waals surface area contributed by atoms with Gasteiger partial charge in [0.2, 0.25) is 0 Å². The number of piperidine rings is 1. The molecule has 2 saturated heterocycles. The van der Waals surface area contributed by atoms with E-state index in [1.807, 2.05) is 12.1 Å². The van der Waals surface area contributed by atoms with Gasteiger partial charge in [-0.1, -0.05) is 19.9 Å². The van der Waals surface area contributed by atoms with E-state index in [0.29, 0.717) is 23.8 Å². The molecular formula is C19H28ClNO2. The van der Waals surface area contributed by atoms with Crippen LogP contribution >= 0.6 is 12.4 Å². The number of likely N-dealkylation sites (tertiary alicyclic amines) is 1. The van der Waals surface area contributed by atoms with Crippen molar-refractivity contribution in [1.82, 2.24) is 4.90 Å². The molecule has 0 spiro atoms. The SMILES string of the molecule is CC1[C@H]2Cc3ccc(O)cc3C1(C)CCN2C[C@H]1CCCO1.Cl. The maximum atomic E-state index is 9.90. The third-order valence-electron chi connectivity index (χ3n) is 6.57. The van der Waals surface area contributed by atoms with E-state index in [2.05, 4.69) is 24.8 Å². The number of phenols is 1. The summed E-state index contributed by atoms with van der Waals surface area (Å²) in [4.78, 5) is 2.68. The van der Waals surface area contributed by atoms with Gasteiger partial charge >= 0.3 is 0 Å². The molecule has 2 aliphatic heterocycles. The first kappa shape index (κ1) is 17.1. The largest absolute Gasteiger partial charge is 0.508 e. The number of phenolic OH excluding ortho intramolecular Hbond substituents is 1. The molecule has 0 saturated carbocycles. The Hall–Kier alpha value is -0.770. The Balaban J connectivity index is 0.00000156. The molecule has 0 radical (unpaired) electrons. The minimum Gasteiger partial charge on any atom is -0.508 e. The van der Waals surface area contributed by atoms with Crippen molar-refractivity contribution in [2.24, 2.45) is 5.92 Å². The van der Waals surface area contributed by atoms with Gasteiger partial charge < -0.3 is 9.84 Å². The lowest BCUT2D eigenvalue weighted by atomic mass is 9.59. The highest BCUT2D eigenvalue weighted by molar-refractivity contribution is 5.85. The smallest absolute Gasteiger partial charge is 0.115 e. The van der Waals surface area contributed by atoms with Gasteiger partial charge in [0.05, 0.1) is 6.10 Å². The number of halogens is 1. The van der Waals surface area contributed by atoms with Gasteiger partial charge in [-0.05, 0) is 66.8 Å². The molecule has 3 aliphatic rings. The molecule has 1 aromatic rings. The number of benzene rings is 1. The fourth-order valence-electron chi connectivity index (χ4n) is 4.97. The summed E-state index contributed by atoms with van der Waals surface area (Å²) in [6, 6.07) is 6.60. The fourth-order valence-corrected chi connectivity index (χ4v) is 4.97. The lowest BCUT2D eigenvalue weighted by molar-refractivity contribution is -0.00671. The van der Waals surface area contributed by atoms with Crippen LogP contribution in [-0.2, 0) is 16.6 Å². The lowest BCUT2D eigenvalue weighted by Gasteiger charge is -2.55. The van der Waals surface area contributed by atoms with Crippen LogP contribution in [0.3, 0.4) is 0 Å². The summed E-state index contributed by atoms with van der Waals surface area (Å²) < 4.78 is 5.86. The predicted octanol–water partition coefficient (Wildman–Crippen LogP) is 3.52. The summed E-state index contributed by atoms with van der Waals surface area (Å²) in [5, 5.41) is 9.90. The molecule has 2 unspecified atom stereocenters. The molecule has 0 amide bonds. The molecule has 4 rings (SSSR count). The molecule has 1 aliphatic carbocycles. The van der Waals surface area contributed by atoms with Gasteiger partial charge in [0, 0.05) is 19.2 Å². The minimum absolute atomic E-state index is 0. The Kier molecular flexibility index (Phi) is 4.65. The van der Waals surface area contributed by atoms with Crippen molar-refractivity contribution in [2.45, 2.75) is 57.1 Å². The first-order valence-corrected chi connectivity index (χ1v) is 8.76. The first-order valence-electron chi connectivity index (χ1n) is 8.76. The average Bonchev–Trinajstić information content (AvgIpc) is 3.00. The summed E-state index contributed by atoms with van der Waals surface area (Å²) in [6.07, 6.45) is 5.17. The normalized spacial score (nSPS) is 36.3. The second-order valence-corrected chi connectivity index (χ2v) is 7.70. The van der Waals surface area contributed by atoms with Crippen molar-refractivity contribution in [1.29, 1.82) is 0 Å². The van der Waals surface area contributed by atoms with E-state index in [-0.39, 0.29) is 17.8 Å². The molecule has 2 bridgehead atoms. The van der Waals surface area contributed by atoms with Gasteiger partial charge in [-0.15, -0.1) is 12.4 Å². The van der Waals surface area contributed by atoms with Crippen LogP contribution in [0.1, 0.15) is 44.2 Å². The number of rotatable bonds is 2. The van der Waals surface area contributed by atoms with E-state index in [1.165, 1.54) is 30.4 Å². The van der Waals surface area contributed by atoms with Crippen molar-refractivity contribution < 1.29 is 9.84 Å². The predicted molar refractivity (Wildman–Crippen MR) is 94.5 cm³/mol. The highest BCUT2D eigenvalue weighted by Gasteiger charge is 2.48. The topological polar surface area (TPSA) is 32.7 Å². The van der Waals surface area contributed by atoms with Crippen molar-refractivity contribution in [3.63, 3.8) is 0 Å². The number of hydrogen-bond donors (Lipinski definition) is 1. The van der Waals surface area contributed by atoms with Crippen LogP contribution in [0.4, 0.5) is 0 Å². The molecule has 3 nitrogen and oxygen atoms in total. The van der Waals surface area contributed by atoms with Crippen molar-refractivity contribution in [2.75, 3.05) is 19.7 Å². The van der Waals surface area contributed by atoms with E-state index in [1.54, 1.807) is 0 Å². The van der Waals surface area contributed by atoms with Crippen LogP contribution in [0, 0.1) is 5.92 Å². The van der Waals surface area contributed by atoms with E-state index in [4.69, 9.17) is 4.74 Å². The zero-order valence-electron chi connectivity index (χ0n) is 14.1. The Labute approximate surface area is 145 Å². The van der Waals surface area contributed by atoms with Gasteiger partial charge in [0.15, 0.2) is 0 Å². The first-order chi connectivity index (χ1) is 10.6. The Bertz CT molecular complexity index is 572. The second-order valence-electron chi connectivity index (χ2n) is 7.70. The summed E-state index contributed by atoms with van der Waals surface area (Å²) in [5.74, 6) is 1.03. The van der Waals surface area contributed by atoms with Crippen molar-refractivity contribution in [3.05, 3.63) is 29.3 Å². The Morgan fingerprint density at radius 1 is 1.39 bits per heavy atom. The summed E-state index contributed by atoms with van der Waals surface area (Å²) in [7, 11) is 0. The standard InChI is InChI=1S/C19H27NO2.ClH/c1-13-18-10-14-5-6-15(21)11-17(14)19(13,2)7-8-20(18)12-16-4-3-9-22-16;/h5-6,11,13,16,18,21H,3-4,7-10,12H2,1-2H3;1H/t13?,16-,18-,19?;/m1./s1. The number of fused-ring (bicyclic) bond motifs is 4. The fraction of sp³-hybridized carbons (Fsp3) is 0.684. The van der Waals surface area contributed by atoms with Crippen molar-refractivity contribution in [3.8, 4) is 5.75 Å². The van der Waals surface area contributed by atoms with Gasteiger partial charge in [-0.3, -0.25) is 4.90 Å². The maximum Gasteiger partial charge on any atom is 0.115 e. The number of aromatic hydroxyl groups is 1. The number of ether oxygens (including phenoxy) is 1. The quantitative estimate of drug-likeness (QED) is 0.896. The Morgan fingerprint density at radius 2 is 2.22 bits per heavy atom.